The molecule has 8 nitrogen and oxygen atoms in total. The Balaban J connectivity index is 2.16. The van der Waals surface area contributed by atoms with Gasteiger partial charge in [0.1, 0.15) is 4.88 Å². The standard InChI is InChI=1S/C18H22ClN3O5S2/c1-5-22(6-2)29(25,26)13-7-8-14(19)15(9-13)21-17(23)11(3)27-18(24)16-10-20-12(4)28-16/h7-11H,5-6H2,1-4H3,(H,21,23). The van der Waals surface area contributed by atoms with Crippen LogP contribution in [0.5, 0.6) is 0 Å². The minimum absolute atomic E-state index is 0.00526. The fourth-order valence-electron chi connectivity index (χ4n) is 2.44. The minimum Gasteiger partial charge on any atom is -0.448 e. The summed E-state index contributed by atoms with van der Waals surface area (Å²) in [6.45, 7) is 7.26. The largest absolute Gasteiger partial charge is 0.448 e. The number of anilines is 1. The Labute approximate surface area is 178 Å². The fraction of sp³-hybridized carbons (Fsp3) is 0.389. The summed E-state index contributed by atoms with van der Waals surface area (Å²) in [4.78, 5) is 28.8. The van der Waals surface area contributed by atoms with Gasteiger partial charge in [0, 0.05) is 13.1 Å². The highest BCUT2D eigenvalue weighted by atomic mass is 35.5. The lowest BCUT2D eigenvalue weighted by molar-refractivity contribution is -0.123. The summed E-state index contributed by atoms with van der Waals surface area (Å²) < 4.78 is 31.8. The van der Waals surface area contributed by atoms with E-state index in [0.717, 1.165) is 11.3 Å². The maximum absolute atomic E-state index is 12.7. The van der Waals surface area contributed by atoms with Crippen molar-refractivity contribution in [2.75, 3.05) is 18.4 Å². The van der Waals surface area contributed by atoms with Gasteiger partial charge < -0.3 is 10.1 Å². The van der Waals surface area contributed by atoms with Crippen molar-refractivity contribution in [2.45, 2.75) is 38.7 Å². The fourth-order valence-corrected chi connectivity index (χ4v) is 4.75. The van der Waals surface area contributed by atoms with Crippen molar-refractivity contribution in [1.82, 2.24) is 9.29 Å². The Morgan fingerprint density at radius 2 is 1.97 bits per heavy atom. The number of nitrogens with one attached hydrogen (secondary N) is 1. The van der Waals surface area contributed by atoms with E-state index >= 15 is 0 Å². The van der Waals surface area contributed by atoms with Gasteiger partial charge in [0.25, 0.3) is 5.91 Å². The van der Waals surface area contributed by atoms with E-state index in [1.54, 1.807) is 20.8 Å². The number of sulfonamides is 1. The molecule has 1 heterocycles. The van der Waals surface area contributed by atoms with Gasteiger partial charge >= 0.3 is 5.97 Å². The lowest BCUT2D eigenvalue weighted by atomic mass is 10.3. The molecule has 1 aromatic heterocycles. The number of benzene rings is 1. The van der Waals surface area contributed by atoms with Gasteiger partial charge in [-0.3, -0.25) is 4.79 Å². The molecule has 0 bridgehead atoms. The molecule has 158 valence electrons. The van der Waals surface area contributed by atoms with Crippen molar-refractivity contribution in [3.8, 4) is 0 Å². The summed E-state index contributed by atoms with van der Waals surface area (Å²) in [5.74, 6) is -1.30. The van der Waals surface area contributed by atoms with Crippen LogP contribution in [0.4, 0.5) is 5.69 Å². The lowest BCUT2D eigenvalue weighted by Crippen LogP contribution is -2.31. The predicted molar refractivity (Wildman–Crippen MR) is 112 cm³/mol. The first kappa shape index (κ1) is 23.3. The van der Waals surface area contributed by atoms with E-state index in [1.807, 2.05) is 0 Å². The number of halogens is 1. The van der Waals surface area contributed by atoms with Gasteiger partial charge in [-0.25, -0.2) is 18.2 Å². The molecule has 2 aromatic rings. The zero-order valence-electron chi connectivity index (χ0n) is 16.4. The van der Waals surface area contributed by atoms with Gasteiger partial charge in [0.05, 0.1) is 26.8 Å². The van der Waals surface area contributed by atoms with Gasteiger partial charge in [-0.2, -0.15) is 4.31 Å². The van der Waals surface area contributed by atoms with Gasteiger partial charge in [0.15, 0.2) is 6.10 Å². The summed E-state index contributed by atoms with van der Waals surface area (Å²) in [7, 11) is -3.72. The summed E-state index contributed by atoms with van der Waals surface area (Å²) in [6.07, 6.45) is 0.259. The second-order valence-corrected chi connectivity index (χ2v) is 9.59. The van der Waals surface area contributed by atoms with Crippen LogP contribution in [0, 0.1) is 6.92 Å². The molecule has 1 unspecified atom stereocenters. The van der Waals surface area contributed by atoms with Crippen molar-refractivity contribution < 1.29 is 22.7 Å². The Bertz CT molecular complexity index is 1000. The normalized spacial score (nSPS) is 12.6. The van der Waals surface area contributed by atoms with E-state index in [4.69, 9.17) is 16.3 Å². The van der Waals surface area contributed by atoms with E-state index in [2.05, 4.69) is 10.3 Å². The first-order chi connectivity index (χ1) is 13.6. The third-order valence-electron chi connectivity index (χ3n) is 4.01. The first-order valence-corrected chi connectivity index (χ1v) is 11.5. The molecular formula is C18H22ClN3O5S2. The second-order valence-electron chi connectivity index (χ2n) is 6.01. The summed E-state index contributed by atoms with van der Waals surface area (Å²) in [5.41, 5.74) is 0.112. The highest BCUT2D eigenvalue weighted by molar-refractivity contribution is 7.89. The molecule has 2 rings (SSSR count). The molecule has 1 aromatic carbocycles. The van der Waals surface area contributed by atoms with Gasteiger partial charge in [0.2, 0.25) is 10.0 Å². The van der Waals surface area contributed by atoms with Crippen LogP contribution in [0.15, 0.2) is 29.3 Å². The Hall–Kier alpha value is -2.01. The van der Waals surface area contributed by atoms with Crippen LogP contribution in [0.25, 0.3) is 0 Å². The average molecular weight is 460 g/mol. The molecule has 29 heavy (non-hydrogen) atoms. The number of hydrogen-bond donors (Lipinski definition) is 1. The number of nitrogens with zero attached hydrogens (tertiary/aromatic N) is 2. The second kappa shape index (κ2) is 9.66. The molecule has 11 heteroatoms. The number of esters is 1. The average Bonchev–Trinajstić information content (AvgIpc) is 3.10. The number of carbonyl (C=O) groups is 2. The van der Waals surface area contributed by atoms with Crippen molar-refractivity contribution in [2.24, 2.45) is 0 Å². The van der Waals surface area contributed by atoms with Crippen molar-refractivity contribution in [3.05, 3.63) is 39.3 Å². The summed E-state index contributed by atoms with van der Waals surface area (Å²) in [5, 5.41) is 3.38. The van der Waals surface area contributed by atoms with E-state index in [-0.39, 0.29) is 20.5 Å². The van der Waals surface area contributed by atoms with Crippen LogP contribution >= 0.6 is 22.9 Å². The molecule has 1 atom stereocenters. The molecule has 1 amide bonds. The van der Waals surface area contributed by atoms with Gasteiger partial charge in [-0.05, 0) is 32.0 Å². The van der Waals surface area contributed by atoms with Crippen LogP contribution in [0.3, 0.4) is 0 Å². The molecule has 0 radical (unpaired) electrons. The predicted octanol–water partition coefficient (Wildman–Crippen LogP) is 3.32. The highest BCUT2D eigenvalue weighted by Crippen LogP contribution is 2.27. The van der Waals surface area contributed by atoms with E-state index in [1.165, 1.54) is 35.6 Å². The van der Waals surface area contributed by atoms with E-state index < -0.39 is 28.0 Å². The zero-order chi connectivity index (χ0) is 21.8. The van der Waals surface area contributed by atoms with Crippen LogP contribution in [-0.2, 0) is 19.6 Å². The zero-order valence-corrected chi connectivity index (χ0v) is 18.8. The summed E-state index contributed by atoms with van der Waals surface area (Å²) >= 11 is 7.27. The van der Waals surface area contributed by atoms with E-state index in [0.29, 0.717) is 18.1 Å². The first-order valence-electron chi connectivity index (χ1n) is 8.84. The van der Waals surface area contributed by atoms with Crippen molar-refractivity contribution in [3.63, 3.8) is 0 Å². The minimum atomic E-state index is -3.72. The topological polar surface area (TPSA) is 106 Å². The maximum Gasteiger partial charge on any atom is 0.350 e. The van der Waals surface area contributed by atoms with Crippen LogP contribution in [0.2, 0.25) is 5.02 Å². The Kier molecular flexibility index (Phi) is 7.75. The quantitative estimate of drug-likeness (QED) is 0.607. The lowest BCUT2D eigenvalue weighted by Gasteiger charge is -2.19. The van der Waals surface area contributed by atoms with Crippen molar-refractivity contribution >= 4 is 50.5 Å². The number of thiazole rings is 1. The number of rotatable bonds is 8. The van der Waals surface area contributed by atoms with E-state index in [9.17, 15) is 18.0 Å². The number of aromatic nitrogens is 1. The Morgan fingerprint density at radius 1 is 1.31 bits per heavy atom. The molecule has 0 spiro atoms. The molecule has 0 aliphatic carbocycles. The molecular weight excluding hydrogens is 438 g/mol. The third-order valence-corrected chi connectivity index (χ3v) is 7.28. The molecule has 0 aliphatic rings. The monoisotopic (exact) mass is 459 g/mol. The number of amides is 1. The molecule has 0 saturated heterocycles. The highest BCUT2D eigenvalue weighted by Gasteiger charge is 2.24. The molecule has 0 aliphatic heterocycles. The number of aryl methyl sites for hydroxylation is 1. The number of hydrogen-bond acceptors (Lipinski definition) is 7. The van der Waals surface area contributed by atoms with Crippen LogP contribution < -0.4 is 5.32 Å². The number of carbonyl (C=O) groups excluding carboxylic acids is 2. The third kappa shape index (κ3) is 5.53. The van der Waals surface area contributed by atoms with Gasteiger partial charge in [-0.1, -0.05) is 25.4 Å². The molecule has 0 saturated carbocycles. The smallest absolute Gasteiger partial charge is 0.350 e. The molecule has 0 fully saturated rings. The Morgan fingerprint density at radius 3 is 2.52 bits per heavy atom. The maximum atomic E-state index is 12.7. The molecule has 1 N–H and O–H groups in total. The van der Waals surface area contributed by atoms with Crippen LogP contribution in [0.1, 0.15) is 35.5 Å². The number of ether oxygens (including phenoxy) is 1. The van der Waals surface area contributed by atoms with Gasteiger partial charge in [-0.15, -0.1) is 11.3 Å². The SMILES string of the molecule is CCN(CC)S(=O)(=O)c1ccc(Cl)c(NC(=O)C(C)OC(=O)c2cnc(C)s2)c1. The van der Waals surface area contributed by atoms with Crippen LogP contribution in [-0.4, -0.2) is 48.8 Å². The summed E-state index contributed by atoms with van der Waals surface area (Å²) in [6, 6.07) is 4.06. The van der Waals surface area contributed by atoms with Crippen molar-refractivity contribution in [1.29, 1.82) is 0 Å².